The number of nitrogens with zero attached hydrogens (tertiary/aromatic N) is 2. The third kappa shape index (κ3) is 7.84. The van der Waals surface area contributed by atoms with Crippen LogP contribution < -0.4 is 21.3 Å². The molecule has 4 rings (SSSR count). The molecule has 1 aliphatic carbocycles. The van der Waals surface area contributed by atoms with Gasteiger partial charge < -0.3 is 40.9 Å². The molecule has 14 nitrogen and oxygen atoms in total. The third-order valence-electron chi connectivity index (χ3n) is 9.15. The average Bonchev–Trinajstić information content (AvgIpc) is 3.42. The van der Waals surface area contributed by atoms with Crippen molar-refractivity contribution in [1.82, 2.24) is 31.1 Å². The molecular weight excluding hydrogens is 596 g/mol. The van der Waals surface area contributed by atoms with Crippen molar-refractivity contribution >= 4 is 35.4 Å². The van der Waals surface area contributed by atoms with E-state index in [9.17, 15) is 33.9 Å². The number of aliphatic hydroxyl groups excluding tert-OH is 1. The number of carbonyl (C=O) groups excluding carboxylic acids is 6. The molecular formula is C32H46N6O8. The van der Waals surface area contributed by atoms with E-state index < -0.39 is 78.3 Å². The molecule has 0 aromatic heterocycles. The van der Waals surface area contributed by atoms with Crippen molar-refractivity contribution < 1.29 is 38.6 Å². The van der Waals surface area contributed by atoms with Crippen LogP contribution in [0.25, 0.3) is 0 Å². The molecule has 0 unspecified atom stereocenters. The summed E-state index contributed by atoms with van der Waals surface area (Å²) in [7, 11) is 2.89. The number of hydrogen-bond donors (Lipinski definition) is 5. The van der Waals surface area contributed by atoms with Gasteiger partial charge in [-0.05, 0) is 30.7 Å². The van der Waals surface area contributed by atoms with Gasteiger partial charge in [0.25, 0.3) is 0 Å². The molecule has 46 heavy (non-hydrogen) atoms. The van der Waals surface area contributed by atoms with Gasteiger partial charge in [-0.2, -0.15) is 0 Å². The Bertz CT molecular complexity index is 1300. The molecule has 6 amide bonds. The Morgan fingerprint density at radius 1 is 1.02 bits per heavy atom. The number of rotatable bonds is 8. The van der Waals surface area contributed by atoms with Crippen LogP contribution in [-0.4, -0.2) is 121 Å². The van der Waals surface area contributed by atoms with Crippen LogP contribution in [-0.2, 0) is 39.9 Å². The summed E-state index contributed by atoms with van der Waals surface area (Å²) in [6.07, 6.45) is 2.37. The fourth-order valence-electron chi connectivity index (χ4n) is 6.37. The van der Waals surface area contributed by atoms with Crippen molar-refractivity contribution in [3.63, 3.8) is 0 Å². The quantitative estimate of drug-likeness (QED) is 0.232. The molecule has 5 N–H and O–H groups in total. The first-order valence-electron chi connectivity index (χ1n) is 15.8. The van der Waals surface area contributed by atoms with Gasteiger partial charge in [0.15, 0.2) is 0 Å². The van der Waals surface area contributed by atoms with Gasteiger partial charge >= 0.3 is 0 Å². The van der Waals surface area contributed by atoms with E-state index in [1.165, 1.54) is 19.1 Å². The second kappa shape index (κ2) is 15.0. The minimum Gasteiger partial charge on any atom is -0.394 e. The summed E-state index contributed by atoms with van der Waals surface area (Å²) in [5, 5.41) is 21.1. The number of ether oxygens (including phenoxy) is 1. The monoisotopic (exact) mass is 642 g/mol. The van der Waals surface area contributed by atoms with E-state index >= 15 is 0 Å². The molecule has 2 heterocycles. The molecule has 1 saturated carbocycles. The van der Waals surface area contributed by atoms with Crippen molar-refractivity contribution in [3.8, 4) is 0 Å². The molecule has 2 aliphatic heterocycles. The highest BCUT2D eigenvalue weighted by molar-refractivity contribution is 5.97. The van der Waals surface area contributed by atoms with Gasteiger partial charge in [0.2, 0.25) is 35.4 Å². The van der Waals surface area contributed by atoms with Crippen LogP contribution >= 0.6 is 0 Å². The fraction of sp³-hybridized carbons (Fsp3) is 0.625. The Kier molecular flexibility index (Phi) is 11.4. The van der Waals surface area contributed by atoms with Crippen LogP contribution in [0.2, 0.25) is 0 Å². The predicted molar refractivity (Wildman–Crippen MR) is 166 cm³/mol. The van der Waals surface area contributed by atoms with Gasteiger partial charge in [-0.25, -0.2) is 0 Å². The summed E-state index contributed by atoms with van der Waals surface area (Å²) >= 11 is 0. The van der Waals surface area contributed by atoms with E-state index in [4.69, 9.17) is 4.74 Å². The fourth-order valence-corrected chi connectivity index (χ4v) is 6.37. The summed E-state index contributed by atoms with van der Waals surface area (Å²) in [5.41, 5.74) is 0.0878. The number of hydrogen-bond acceptors (Lipinski definition) is 8. The third-order valence-corrected chi connectivity index (χ3v) is 9.15. The maximum absolute atomic E-state index is 14.4. The highest BCUT2D eigenvalue weighted by Gasteiger charge is 2.48. The largest absolute Gasteiger partial charge is 0.394 e. The lowest BCUT2D eigenvalue weighted by molar-refractivity contribution is -0.143. The van der Waals surface area contributed by atoms with Crippen LogP contribution in [0.4, 0.5) is 0 Å². The van der Waals surface area contributed by atoms with Crippen molar-refractivity contribution in [2.24, 2.45) is 11.3 Å². The molecule has 3 aliphatic rings. The number of fused-ring (bicyclic) bond motifs is 1. The van der Waals surface area contributed by atoms with Crippen molar-refractivity contribution in [3.05, 3.63) is 35.9 Å². The van der Waals surface area contributed by atoms with Gasteiger partial charge in [-0.3, -0.25) is 28.8 Å². The Hall–Kier alpha value is -4.04. The molecule has 1 aromatic carbocycles. The maximum atomic E-state index is 14.4. The van der Waals surface area contributed by atoms with Crippen LogP contribution in [0.3, 0.4) is 0 Å². The standard InChI is InChI=1S/C32H46N6O8/c1-19(2)26-28(42)34-22(13-20-9-6-5-7-10-20)30(44)38-15-21(33-31(45)32(18-46-4)11-8-12-32)14-24(38)27(41)35-23(17-39)29(43)37(3)16-25(40)36-26/h5-7,9-10,19,21-24,26,39H,8,11-18H2,1-4H3,(H,33,45)(H,34,42)(H,35,41)(H,36,40)/t21-,22-,23-,24-,26+/m0/s1. The Labute approximate surface area is 268 Å². The summed E-state index contributed by atoms with van der Waals surface area (Å²) in [5.74, 6) is -3.78. The molecule has 252 valence electrons. The van der Waals surface area contributed by atoms with Crippen molar-refractivity contribution in [2.75, 3.05) is 40.5 Å². The number of likely N-dealkylation sites (N-methyl/N-ethyl adjacent to an activating group) is 1. The number of aliphatic hydroxyl groups is 1. The summed E-state index contributed by atoms with van der Waals surface area (Å²) in [4.78, 5) is 83.6. The lowest BCUT2D eigenvalue weighted by Gasteiger charge is -2.40. The average molecular weight is 643 g/mol. The molecule has 0 spiro atoms. The Balaban J connectivity index is 1.70. The zero-order valence-electron chi connectivity index (χ0n) is 26.9. The molecule has 5 atom stereocenters. The normalized spacial score (nSPS) is 27.5. The van der Waals surface area contributed by atoms with Crippen LogP contribution in [0.1, 0.15) is 45.1 Å². The first kappa shape index (κ1) is 34.8. The van der Waals surface area contributed by atoms with E-state index in [0.717, 1.165) is 16.9 Å². The highest BCUT2D eigenvalue weighted by atomic mass is 16.5. The summed E-state index contributed by atoms with van der Waals surface area (Å²) in [6, 6.07) is 3.82. The van der Waals surface area contributed by atoms with Crippen LogP contribution in [0.5, 0.6) is 0 Å². The summed E-state index contributed by atoms with van der Waals surface area (Å²) in [6.45, 7) is 2.55. The second-order valence-corrected chi connectivity index (χ2v) is 13.0. The molecule has 14 heteroatoms. The van der Waals surface area contributed by atoms with E-state index in [1.54, 1.807) is 13.8 Å². The Morgan fingerprint density at radius 3 is 2.28 bits per heavy atom. The number of carbonyl (C=O) groups is 6. The topological polar surface area (TPSA) is 186 Å². The number of methoxy groups -OCH3 is 1. The first-order valence-corrected chi connectivity index (χ1v) is 15.8. The van der Waals surface area contributed by atoms with E-state index in [2.05, 4.69) is 21.3 Å². The predicted octanol–water partition coefficient (Wildman–Crippen LogP) is -1.29. The van der Waals surface area contributed by atoms with Gasteiger partial charge in [-0.15, -0.1) is 0 Å². The first-order chi connectivity index (χ1) is 21.9. The molecule has 1 aromatic rings. The van der Waals surface area contributed by atoms with E-state index in [0.29, 0.717) is 12.8 Å². The molecule has 2 saturated heterocycles. The molecule has 3 fully saturated rings. The lowest BCUT2D eigenvalue weighted by atomic mass is 9.68. The molecule has 0 radical (unpaired) electrons. The summed E-state index contributed by atoms with van der Waals surface area (Å²) < 4.78 is 5.32. The van der Waals surface area contributed by atoms with Crippen molar-refractivity contribution in [1.29, 1.82) is 0 Å². The van der Waals surface area contributed by atoms with Gasteiger partial charge in [-0.1, -0.05) is 50.6 Å². The van der Waals surface area contributed by atoms with Crippen LogP contribution in [0, 0.1) is 11.3 Å². The lowest BCUT2D eigenvalue weighted by Crippen LogP contribution is -2.58. The number of amides is 6. The second-order valence-electron chi connectivity index (χ2n) is 13.0. The smallest absolute Gasteiger partial charge is 0.247 e. The zero-order chi connectivity index (χ0) is 33.6. The number of nitrogens with one attached hydrogen (secondary N) is 4. The minimum absolute atomic E-state index is 0.0190. The molecule has 0 bridgehead atoms. The van der Waals surface area contributed by atoms with E-state index in [1.807, 2.05) is 30.3 Å². The Morgan fingerprint density at radius 2 is 1.70 bits per heavy atom. The maximum Gasteiger partial charge on any atom is 0.247 e. The van der Waals surface area contributed by atoms with E-state index in [-0.39, 0.29) is 37.8 Å². The highest BCUT2D eigenvalue weighted by Crippen LogP contribution is 2.41. The van der Waals surface area contributed by atoms with Crippen LogP contribution in [0.15, 0.2) is 30.3 Å². The number of benzene rings is 1. The van der Waals surface area contributed by atoms with Gasteiger partial charge in [0.05, 0.1) is 25.2 Å². The zero-order valence-corrected chi connectivity index (χ0v) is 26.9. The SMILES string of the molecule is COCC1(C(=O)N[C@H]2C[C@H]3C(=O)N[C@@H](CO)C(=O)N(C)CC(=O)N[C@H](C(C)C)C(=O)N[C@@H](Cc4ccccc4)C(=O)N3C2)CCC1. The van der Waals surface area contributed by atoms with Gasteiger partial charge in [0.1, 0.15) is 24.2 Å². The van der Waals surface area contributed by atoms with Gasteiger partial charge in [0, 0.05) is 33.2 Å². The minimum atomic E-state index is -1.39. The van der Waals surface area contributed by atoms with Crippen molar-refractivity contribution in [2.45, 2.75) is 76.2 Å².